The lowest BCUT2D eigenvalue weighted by Crippen LogP contribution is -2.08. The normalized spacial score (nSPS) is 10.6. The minimum absolute atomic E-state index is 0.328. The summed E-state index contributed by atoms with van der Waals surface area (Å²) in [5.74, 6) is -1.52. The number of hydrogen-bond donors (Lipinski definition) is 2. The minimum atomic E-state index is -3.00. The molecule has 1 aromatic rings. The number of carbonyl (C=O) groups is 1. The molecule has 76 valence electrons. The van der Waals surface area contributed by atoms with E-state index in [2.05, 4.69) is 4.98 Å². The first-order valence-corrected chi connectivity index (χ1v) is 3.78. The summed E-state index contributed by atoms with van der Waals surface area (Å²) in [6, 6.07) is 0. The third-order valence-corrected chi connectivity index (χ3v) is 1.86. The van der Waals surface area contributed by atoms with Crippen molar-refractivity contribution >= 4 is 23.3 Å². The Kier molecular flexibility index (Phi) is 2.85. The standard InChI is InChI=1S/C7H5ClF2N2O2/c8-5-4(11)3(6(9)10)2(1-12-5)7(13)14/h1,6H,11H2,(H,13,14). The number of carboxylic acids is 1. The number of aromatic nitrogens is 1. The average molecular weight is 223 g/mol. The lowest BCUT2D eigenvalue weighted by Gasteiger charge is -2.08. The van der Waals surface area contributed by atoms with Crippen LogP contribution < -0.4 is 5.73 Å². The van der Waals surface area contributed by atoms with Gasteiger partial charge in [0.15, 0.2) is 5.15 Å². The van der Waals surface area contributed by atoms with Gasteiger partial charge in [0.1, 0.15) is 0 Å². The Morgan fingerprint density at radius 1 is 1.64 bits per heavy atom. The molecule has 0 spiro atoms. The van der Waals surface area contributed by atoms with Crippen molar-refractivity contribution in [2.24, 2.45) is 0 Å². The van der Waals surface area contributed by atoms with Crippen LogP contribution >= 0.6 is 11.6 Å². The molecule has 0 fully saturated rings. The number of hydrogen-bond acceptors (Lipinski definition) is 3. The van der Waals surface area contributed by atoms with Gasteiger partial charge in [-0.2, -0.15) is 0 Å². The largest absolute Gasteiger partial charge is 0.478 e. The number of nitrogens with zero attached hydrogens (tertiary/aromatic N) is 1. The van der Waals surface area contributed by atoms with Crippen molar-refractivity contribution in [3.63, 3.8) is 0 Å². The Balaban J connectivity index is 3.45. The number of pyridine rings is 1. The van der Waals surface area contributed by atoms with Gasteiger partial charge < -0.3 is 10.8 Å². The molecule has 1 rings (SSSR count). The molecular weight excluding hydrogens is 218 g/mol. The van der Waals surface area contributed by atoms with Gasteiger partial charge >= 0.3 is 5.97 Å². The van der Waals surface area contributed by atoms with Gasteiger partial charge in [0.25, 0.3) is 6.43 Å². The number of anilines is 1. The van der Waals surface area contributed by atoms with Gasteiger partial charge in [-0.05, 0) is 0 Å². The van der Waals surface area contributed by atoms with Gasteiger partial charge in [0.2, 0.25) is 0 Å². The highest BCUT2D eigenvalue weighted by Gasteiger charge is 2.23. The molecule has 0 aromatic carbocycles. The summed E-state index contributed by atoms with van der Waals surface area (Å²) in [5, 5.41) is 8.23. The van der Waals surface area contributed by atoms with E-state index in [0.29, 0.717) is 0 Å². The summed E-state index contributed by atoms with van der Waals surface area (Å²) in [4.78, 5) is 13.9. The highest BCUT2D eigenvalue weighted by atomic mass is 35.5. The monoisotopic (exact) mass is 222 g/mol. The van der Waals surface area contributed by atoms with Crippen molar-refractivity contribution in [3.05, 3.63) is 22.5 Å². The van der Waals surface area contributed by atoms with Crippen LogP contribution in [-0.4, -0.2) is 16.1 Å². The number of carboxylic acid groups (broad SMARTS) is 1. The van der Waals surface area contributed by atoms with E-state index in [1.54, 1.807) is 0 Å². The van der Waals surface area contributed by atoms with E-state index in [1.807, 2.05) is 0 Å². The van der Waals surface area contributed by atoms with Crippen molar-refractivity contribution in [2.45, 2.75) is 6.43 Å². The Bertz CT molecular complexity index is 384. The molecule has 0 atom stereocenters. The molecule has 4 nitrogen and oxygen atoms in total. The van der Waals surface area contributed by atoms with E-state index < -0.39 is 29.2 Å². The maximum absolute atomic E-state index is 12.4. The average Bonchev–Trinajstić information content (AvgIpc) is 2.08. The molecular formula is C7H5ClF2N2O2. The van der Waals surface area contributed by atoms with Crippen molar-refractivity contribution in [3.8, 4) is 0 Å². The van der Waals surface area contributed by atoms with Crippen LogP contribution in [0.25, 0.3) is 0 Å². The molecule has 0 saturated heterocycles. The molecule has 0 unspecified atom stereocenters. The highest BCUT2D eigenvalue weighted by molar-refractivity contribution is 6.32. The summed E-state index contributed by atoms with van der Waals surface area (Å²) in [5.41, 5.74) is 3.25. The fraction of sp³-hybridized carbons (Fsp3) is 0.143. The quantitative estimate of drug-likeness (QED) is 0.750. The predicted octanol–water partition coefficient (Wildman–Crippen LogP) is 1.95. The summed E-state index contributed by atoms with van der Waals surface area (Å²) >= 11 is 5.37. The fourth-order valence-corrected chi connectivity index (χ4v) is 1.07. The van der Waals surface area contributed by atoms with Crippen LogP contribution in [0.2, 0.25) is 5.15 Å². The summed E-state index contributed by atoms with van der Waals surface area (Å²) in [6.45, 7) is 0. The van der Waals surface area contributed by atoms with Gasteiger partial charge in [-0.1, -0.05) is 11.6 Å². The zero-order valence-electron chi connectivity index (χ0n) is 6.67. The molecule has 0 bridgehead atoms. The van der Waals surface area contributed by atoms with Crippen LogP contribution in [0.3, 0.4) is 0 Å². The first-order chi connectivity index (χ1) is 6.45. The zero-order valence-corrected chi connectivity index (χ0v) is 7.42. The van der Waals surface area contributed by atoms with Crippen LogP contribution in [0.15, 0.2) is 6.20 Å². The van der Waals surface area contributed by atoms with Gasteiger partial charge in [-0.15, -0.1) is 0 Å². The van der Waals surface area contributed by atoms with E-state index in [0.717, 1.165) is 6.20 Å². The molecule has 0 aliphatic carbocycles. The summed E-state index contributed by atoms with van der Waals surface area (Å²) in [6.07, 6.45) is -2.25. The van der Waals surface area contributed by atoms with Crippen LogP contribution in [0.4, 0.5) is 14.5 Å². The third-order valence-electron chi connectivity index (χ3n) is 1.56. The van der Waals surface area contributed by atoms with Gasteiger partial charge in [0.05, 0.1) is 16.8 Å². The predicted molar refractivity (Wildman–Crippen MR) is 45.6 cm³/mol. The molecule has 3 N–H and O–H groups in total. The van der Waals surface area contributed by atoms with Crippen molar-refractivity contribution in [2.75, 3.05) is 5.73 Å². The topological polar surface area (TPSA) is 76.2 Å². The Hall–Kier alpha value is -1.43. The van der Waals surface area contributed by atoms with Crippen molar-refractivity contribution < 1.29 is 18.7 Å². The molecule has 0 radical (unpaired) electrons. The maximum Gasteiger partial charge on any atom is 0.337 e. The van der Waals surface area contributed by atoms with E-state index in [4.69, 9.17) is 22.4 Å². The number of nitrogen functional groups attached to an aromatic ring is 1. The first-order valence-electron chi connectivity index (χ1n) is 3.40. The van der Waals surface area contributed by atoms with E-state index in [-0.39, 0.29) is 5.15 Å². The maximum atomic E-state index is 12.4. The van der Waals surface area contributed by atoms with Crippen molar-refractivity contribution in [1.29, 1.82) is 0 Å². The highest BCUT2D eigenvalue weighted by Crippen LogP contribution is 2.32. The third kappa shape index (κ3) is 1.74. The van der Waals surface area contributed by atoms with Crippen LogP contribution in [0.5, 0.6) is 0 Å². The number of rotatable bonds is 2. The molecule has 1 heterocycles. The molecule has 14 heavy (non-hydrogen) atoms. The number of aromatic carboxylic acids is 1. The molecule has 1 aromatic heterocycles. The lowest BCUT2D eigenvalue weighted by atomic mass is 10.1. The summed E-state index contributed by atoms with van der Waals surface area (Å²) in [7, 11) is 0. The second-order valence-corrected chi connectivity index (χ2v) is 2.75. The number of nitrogens with two attached hydrogens (primary N) is 1. The first kappa shape index (κ1) is 10.6. The molecule has 0 amide bonds. The van der Waals surface area contributed by atoms with E-state index >= 15 is 0 Å². The molecule has 0 aliphatic heterocycles. The minimum Gasteiger partial charge on any atom is -0.478 e. The zero-order chi connectivity index (χ0) is 10.9. The number of alkyl halides is 2. The SMILES string of the molecule is Nc1c(Cl)ncc(C(=O)O)c1C(F)F. The van der Waals surface area contributed by atoms with Gasteiger partial charge in [-0.3, -0.25) is 0 Å². The Labute approximate surface area is 82.3 Å². The Morgan fingerprint density at radius 3 is 2.64 bits per heavy atom. The van der Waals surface area contributed by atoms with Crippen LogP contribution in [0, 0.1) is 0 Å². The Morgan fingerprint density at radius 2 is 2.21 bits per heavy atom. The second kappa shape index (κ2) is 3.75. The van der Waals surface area contributed by atoms with Gasteiger partial charge in [0, 0.05) is 6.20 Å². The van der Waals surface area contributed by atoms with E-state index in [9.17, 15) is 13.6 Å². The smallest absolute Gasteiger partial charge is 0.337 e. The van der Waals surface area contributed by atoms with Crippen LogP contribution in [-0.2, 0) is 0 Å². The number of halogens is 3. The van der Waals surface area contributed by atoms with E-state index in [1.165, 1.54) is 0 Å². The van der Waals surface area contributed by atoms with Crippen molar-refractivity contribution in [1.82, 2.24) is 4.98 Å². The molecule has 0 aliphatic rings. The summed E-state index contributed by atoms with van der Waals surface area (Å²) < 4.78 is 24.8. The molecule has 0 saturated carbocycles. The molecule has 7 heteroatoms. The fourth-order valence-electron chi connectivity index (χ4n) is 0.922. The second-order valence-electron chi connectivity index (χ2n) is 2.40. The lowest BCUT2D eigenvalue weighted by molar-refractivity contribution is 0.0684. The van der Waals surface area contributed by atoms with Crippen LogP contribution in [0.1, 0.15) is 22.3 Å². The van der Waals surface area contributed by atoms with Gasteiger partial charge in [-0.25, -0.2) is 18.6 Å².